The van der Waals surface area contributed by atoms with Gasteiger partial charge in [0.05, 0.1) is 6.61 Å². The molecular formula is C31H31F3O. The Labute approximate surface area is 205 Å². The Kier molecular flexibility index (Phi) is 7.10. The van der Waals surface area contributed by atoms with Crippen LogP contribution in [-0.2, 0) is 17.6 Å². The molecule has 35 heavy (non-hydrogen) atoms. The normalized spacial score (nSPS) is 22.0. The van der Waals surface area contributed by atoms with Crippen LogP contribution < -0.4 is 0 Å². The summed E-state index contributed by atoms with van der Waals surface area (Å²) in [4.78, 5) is 0. The van der Waals surface area contributed by atoms with Gasteiger partial charge in [0, 0.05) is 5.56 Å². The maximum atomic E-state index is 15.1. The number of ether oxygens (including phenoxy) is 1. The third-order valence-electron chi connectivity index (χ3n) is 7.52. The zero-order valence-corrected chi connectivity index (χ0v) is 20.1. The predicted octanol–water partition coefficient (Wildman–Crippen LogP) is 8.48. The van der Waals surface area contributed by atoms with E-state index in [9.17, 15) is 4.39 Å². The molecule has 182 valence electrons. The SMILES string of the molecule is C/C=C/C1CCC(c2ccc(-c3ccc(CCc4ccc(C5CO5)cc4F)cc3)c(F)c2F)CC1. The molecule has 1 unspecified atom stereocenters. The van der Waals surface area contributed by atoms with Crippen molar-refractivity contribution in [3.05, 3.63) is 106 Å². The molecule has 1 heterocycles. The summed E-state index contributed by atoms with van der Waals surface area (Å²) in [5.74, 6) is -1.06. The summed E-state index contributed by atoms with van der Waals surface area (Å²) in [6.07, 6.45) is 9.39. The minimum absolute atomic E-state index is 0.0450. The molecule has 0 aromatic heterocycles. The second-order valence-corrected chi connectivity index (χ2v) is 9.84. The van der Waals surface area contributed by atoms with Crippen LogP contribution in [0.2, 0.25) is 0 Å². The lowest BCUT2D eigenvalue weighted by molar-refractivity contribution is 0.364. The minimum atomic E-state index is -0.771. The molecule has 1 nitrogen and oxygen atoms in total. The van der Waals surface area contributed by atoms with Crippen molar-refractivity contribution in [2.24, 2.45) is 5.92 Å². The highest BCUT2D eigenvalue weighted by atomic mass is 19.2. The van der Waals surface area contributed by atoms with Crippen LogP contribution in [0.25, 0.3) is 11.1 Å². The van der Waals surface area contributed by atoms with E-state index in [2.05, 4.69) is 12.2 Å². The highest BCUT2D eigenvalue weighted by Crippen LogP contribution is 2.39. The van der Waals surface area contributed by atoms with Gasteiger partial charge in [0.25, 0.3) is 0 Å². The lowest BCUT2D eigenvalue weighted by Gasteiger charge is -2.27. The average molecular weight is 477 g/mol. The second-order valence-electron chi connectivity index (χ2n) is 9.84. The van der Waals surface area contributed by atoms with E-state index in [1.165, 1.54) is 0 Å². The number of benzene rings is 3. The molecule has 1 saturated carbocycles. The number of epoxide rings is 1. The fraction of sp³-hybridized carbons (Fsp3) is 0.355. The Hall–Kier alpha value is -2.85. The molecule has 2 fully saturated rings. The van der Waals surface area contributed by atoms with Crippen LogP contribution in [0.1, 0.15) is 66.9 Å². The summed E-state index contributed by atoms with van der Waals surface area (Å²) in [5.41, 5.74) is 4.01. The van der Waals surface area contributed by atoms with Crippen LogP contribution >= 0.6 is 0 Å². The first-order valence-electron chi connectivity index (χ1n) is 12.6. The van der Waals surface area contributed by atoms with Gasteiger partial charge in [-0.2, -0.15) is 0 Å². The van der Waals surface area contributed by atoms with Gasteiger partial charge in [0.2, 0.25) is 0 Å². The van der Waals surface area contributed by atoms with Gasteiger partial charge >= 0.3 is 0 Å². The van der Waals surface area contributed by atoms with Crippen LogP contribution in [-0.4, -0.2) is 6.61 Å². The topological polar surface area (TPSA) is 12.5 Å². The Balaban J connectivity index is 1.24. The van der Waals surface area contributed by atoms with Crippen LogP contribution in [0.3, 0.4) is 0 Å². The smallest absolute Gasteiger partial charge is 0.166 e. The maximum absolute atomic E-state index is 15.1. The molecule has 5 rings (SSSR count). The highest BCUT2D eigenvalue weighted by Gasteiger charge is 2.26. The first-order valence-corrected chi connectivity index (χ1v) is 12.6. The second kappa shape index (κ2) is 10.4. The van der Waals surface area contributed by atoms with E-state index in [-0.39, 0.29) is 23.4 Å². The summed E-state index contributed by atoms with van der Waals surface area (Å²) in [5, 5.41) is 0. The third-order valence-corrected chi connectivity index (χ3v) is 7.52. The van der Waals surface area contributed by atoms with Crippen LogP contribution in [0.15, 0.2) is 66.7 Å². The average Bonchev–Trinajstić information content (AvgIpc) is 3.72. The van der Waals surface area contributed by atoms with Crippen LogP contribution in [0, 0.1) is 23.4 Å². The molecule has 0 radical (unpaired) electrons. The molecule has 0 bridgehead atoms. The Morgan fingerprint density at radius 2 is 1.60 bits per heavy atom. The predicted molar refractivity (Wildman–Crippen MR) is 134 cm³/mol. The first kappa shape index (κ1) is 23.9. The zero-order valence-electron chi connectivity index (χ0n) is 20.1. The van der Waals surface area contributed by atoms with Gasteiger partial charge in [0.15, 0.2) is 11.6 Å². The van der Waals surface area contributed by atoms with E-state index in [0.29, 0.717) is 42.1 Å². The summed E-state index contributed by atoms with van der Waals surface area (Å²) in [6.45, 7) is 2.69. The van der Waals surface area contributed by atoms with Gasteiger partial charge in [-0.1, -0.05) is 60.7 Å². The van der Waals surface area contributed by atoms with Gasteiger partial charge in [-0.15, -0.1) is 0 Å². The number of halogens is 3. The van der Waals surface area contributed by atoms with E-state index >= 15 is 8.78 Å². The standard InChI is InChI=1S/C31H31F3O/c1-2-3-20-4-9-22(10-5-20)26-16-17-27(31(34)30(26)33)23-11-6-21(7-12-23)8-13-24-14-15-25(18-28(24)32)29-19-35-29/h2-3,6-7,11-12,14-18,20,22,29H,4-5,8-10,13,19H2,1H3/b3-2+. The van der Waals surface area contributed by atoms with Gasteiger partial charge < -0.3 is 4.74 Å². The van der Waals surface area contributed by atoms with E-state index in [0.717, 1.165) is 36.8 Å². The van der Waals surface area contributed by atoms with Gasteiger partial charge in [-0.25, -0.2) is 13.2 Å². The molecule has 3 aromatic rings. The number of aryl methyl sites for hydroxylation is 2. The lowest BCUT2D eigenvalue weighted by Crippen LogP contribution is -2.13. The minimum Gasteiger partial charge on any atom is -0.368 e. The van der Waals surface area contributed by atoms with Gasteiger partial charge in [0.1, 0.15) is 11.9 Å². The third kappa shape index (κ3) is 5.38. The molecule has 1 atom stereocenters. The number of allylic oxidation sites excluding steroid dienone is 2. The Bertz CT molecular complexity index is 1200. The van der Waals surface area contributed by atoms with E-state index < -0.39 is 11.6 Å². The molecule has 1 saturated heterocycles. The maximum Gasteiger partial charge on any atom is 0.166 e. The fourth-order valence-electron chi connectivity index (χ4n) is 5.33. The molecule has 0 N–H and O–H groups in total. The summed E-state index contributed by atoms with van der Waals surface area (Å²) in [6, 6.07) is 16.2. The van der Waals surface area contributed by atoms with E-state index in [4.69, 9.17) is 4.74 Å². The quantitative estimate of drug-likeness (QED) is 0.246. The van der Waals surface area contributed by atoms with E-state index in [1.807, 2.05) is 43.3 Å². The lowest BCUT2D eigenvalue weighted by atomic mass is 9.78. The van der Waals surface area contributed by atoms with Crippen molar-refractivity contribution >= 4 is 0 Å². The van der Waals surface area contributed by atoms with Crippen LogP contribution in [0.4, 0.5) is 13.2 Å². The molecule has 1 aliphatic carbocycles. The van der Waals surface area contributed by atoms with Crippen molar-refractivity contribution in [3.8, 4) is 11.1 Å². The van der Waals surface area contributed by atoms with Gasteiger partial charge in [-0.3, -0.25) is 0 Å². The number of rotatable bonds is 7. The molecule has 4 heteroatoms. The van der Waals surface area contributed by atoms with Crippen molar-refractivity contribution in [1.29, 1.82) is 0 Å². The zero-order chi connectivity index (χ0) is 24.4. The number of hydrogen-bond donors (Lipinski definition) is 0. The molecule has 1 aliphatic heterocycles. The fourth-order valence-corrected chi connectivity index (χ4v) is 5.33. The highest BCUT2D eigenvalue weighted by molar-refractivity contribution is 5.65. The van der Waals surface area contributed by atoms with E-state index in [1.54, 1.807) is 18.2 Å². The molecular weight excluding hydrogens is 445 g/mol. The van der Waals surface area contributed by atoms with Crippen molar-refractivity contribution in [3.63, 3.8) is 0 Å². The van der Waals surface area contributed by atoms with Crippen molar-refractivity contribution in [2.75, 3.05) is 6.61 Å². The monoisotopic (exact) mass is 476 g/mol. The molecule has 2 aliphatic rings. The van der Waals surface area contributed by atoms with Crippen molar-refractivity contribution < 1.29 is 17.9 Å². The largest absolute Gasteiger partial charge is 0.368 e. The van der Waals surface area contributed by atoms with Gasteiger partial charge in [-0.05, 0) is 91.2 Å². The Morgan fingerprint density at radius 1 is 0.857 bits per heavy atom. The molecule has 3 aromatic carbocycles. The van der Waals surface area contributed by atoms with Crippen LogP contribution in [0.5, 0.6) is 0 Å². The van der Waals surface area contributed by atoms with Crippen molar-refractivity contribution in [1.82, 2.24) is 0 Å². The summed E-state index contributed by atoms with van der Waals surface area (Å²) in [7, 11) is 0. The molecule has 0 spiro atoms. The Morgan fingerprint density at radius 3 is 2.26 bits per heavy atom. The first-order chi connectivity index (χ1) is 17.0. The summed E-state index contributed by atoms with van der Waals surface area (Å²) < 4.78 is 49.7. The number of hydrogen-bond acceptors (Lipinski definition) is 1. The summed E-state index contributed by atoms with van der Waals surface area (Å²) >= 11 is 0. The molecule has 0 amide bonds. The van der Waals surface area contributed by atoms with Crippen molar-refractivity contribution in [2.45, 2.75) is 57.5 Å².